The average molecular weight is 463 g/mol. The molecule has 0 unspecified atom stereocenters. The largest absolute Gasteiger partial charge is 0.496 e. The Bertz CT molecular complexity index is 739. The summed E-state index contributed by atoms with van der Waals surface area (Å²) in [6.07, 6.45) is 2.77. The van der Waals surface area contributed by atoms with Gasteiger partial charge in [0.2, 0.25) is 0 Å². The van der Waals surface area contributed by atoms with Crippen LogP contribution in [-0.2, 0) is 9.84 Å². The lowest BCUT2D eigenvalue weighted by Gasteiger charge is -2.32. The fourth-order valence-electron chi connectivity index (χ4n) is 2.77. The smallest absolute Gasteiger partial charge is 0.255 e. The van der Waals surface area contributed by atoms with Crippen molar-refractivity contribution in [3.05, 3.63) is 22.7 Å². The summed E-state index contributed by atoms with van der Waals surface area (Å²) in [4.78, 5) is 14.6. The van der Waals surface area contributed by atoms with Gasteiger partial charge in [0, 0.05) is 38.0 Å². The number of nitrogens with one attached hydrogen (secondary N) is 1. The minimum atomic E-state index is -2.96. The number of hydrogen-bond donors (Lipinski definition) is 2. The number of anilines is 1. The first-order valence-electron chi connectivity index (χ1n) is 8.03. The molecule has 1 amide bonds. The van der Waals surface area contributed by atoms with Crippen molar-refractivity contribution in [1.82, 2.24) is 10.2 Å². The summed E-state index contributed by atoms with van der Waals surface area (Å²) in [5, 5.41) is 3.29. The van der Waals surface area contributed by atoms with Crippen molar-refractivity contribution in [2.75, 3.05) is 44.5 Å². The van der Waals surface area contributed by atoms with Crippen molar-refractivity contribution in [1.29, 1.82) is 0 Å². The molecule has 0 radical (unpaired) electrons. The number of halogens is 3. The molecule has 2 rings (SSSR count). The van der Waals surface area contributed by atoms with Gasteiger partial charge in [-0.3, -0.25) is 4.79 Å². The first kappa shape index (κ1) is 26.1. The fourth-order valence-corrected chi connectivity index (χ4v) is 3.53. The van der Waals surface area contributed by atoms with E-state index in [1.165, 1.54) is 25.5 Å². The molecule has 3 N–H and O–H groups in total. The number of benzene rings is 1. The molecular weight excluding hydrogens is 437 g/mol. The highest BCUT2D eigenvalue weighted by atomic mass is 35.5. The van der Waals surface area contributed by atoms with Gasteiger partial charge < -0.3 is 20.7 Å². The number of carbonyl (C=O) groups is 1. The van der Waals surface area contributed by atoms with Crippen molar-refractivity contribution in [2.24, 2.45) is 0 Å². The predicted molar refractivity (Wildman–Crippen MR) is 114 cm³/mol. The van der Waals surface area contributed by atoms with Crippen LogP contribution >= 0.6 is 36.4 Å². The van der Waals surface area contributed by atoms with Crippen LogP contribution in [0.4, 0.5) is 5.69 Å². The molecule has 0 atom stereocenters. The Labute approximate surface area is 177 Å². The van der Waals surface area contributed by atoms with Gasteiger partial charge in [-0.1, -0.05) is 11.6 Å². The first-order valence-corrected chi connectivity index (χ1v) is 10.5. The van der Waals surface area contributed by atoms with E-state index < -0.39 is 9.84 Å². The molecule has 7 nitrogen and oxygen atoms in total. The third kappa shape index (κ3) is 7.91. The van der Waals surface area contributed by atoms with Crippen molar-refractivity contribution < 1.29 is 17.9 Å². The van der Waals surface area contributed by atoms with Gasteiger partial charge in [-0.25, -0.2) is 8.42 Å². The molecule has 156 valence electrons. The zero-order valence-electron chi connectivity index (χ0n) is 15.2. The maximum atomic E-state index is 12.5. The van der Waals surface area contributed by atoms with Crippen LogP contribution in [0.3, 0.4) is 0 Å². The van der Waals surface area contributed by atoms with Crippen LogP contribution < -0.4 is 15.8 Å². The second-order valence-corrected chi connectivity index (χ2v) is 8.96. The Morgan fingerprint density at radius 2 is 1.93 bits per heavy atom. The SMILES string of the molecule is COc1cc(N)c(Cl)cc1C(=O)NC1CCN(CCS(C)(=O)=O)CC1.Cl.Cl. The molecule has 1 aromatic carbocycles. The summed E-state index contributed by atoms with van der Waals surface area (Å²) in [6, 6.07) is 3.07. The van der Waals surface area contributed by atoms with E-state index in [9.17, 15) is 13.2 Å². The standard InChI is InChI=1S/C16H24ClN3O4S.2ClH/c1-24-15-10-14(18)13(17)9-12(15)16(21)19-11-3-5-20(6-4-11)7-8-25(2,22)23;;/h9-11H,3-8,18H2,1-2H3,(H,19,21);2*1H. The summed E-state index contributed by atoms with van der Waals surface area (Å²) in [5.41, 5.74) is 6.44. The van der Waals surface area contributed by atoms with E-state index in [1.54, 1.807) is 0 Å². The first-order chi connectivity index (χ1) is 11.7. The minimum absolute atomic E-state index is 0. The van der Waals surface area contributed by atoms with Gasteiger partial charge in [-0.2, -0.15) is 0 Å². The number of likely N-dealkylation sites (tertiary alicyclic amines) is 1. The predicted octanol–water partition coefficient (Wildman–Crippen LogP) is 2.01. The van der Waals surface area contributed by atoms with Gasteiger partial charge in [0.05, 0.1) is 29.1 Å². The van der Waals surface area contributed by atoms with E-state index in [0.29, 0.717) is 28.6 Å². The van der Waals surface area contributed by atoms with E-state index in [1.807, 2.05) is 0 Å². The van der Waals surface area contributed by atoms with Crippen LogP contribution in [0, 0.1) is 0 Å². The number of nitrogens with zero attached hydrogens (tertiary/aromatic N) is 1. The molecule has 1 fully saturated rings. The van der Waals surface area contributed by atoms with Crippen molar-refractivity contribution >= 4 is 57.8 Å². The molecule has 0 saturated carbocycles. The number of sulfone groups is 1. The molecule has 27 heavy (non-hydrogen) atoms. The lowest BCUT2D eigenvalue weighted by molar-refractivity contribution is 0.0910. The Morgan fingerprint density at radius 3 is 2.44 bits per heavy atom. The van der Waals surface area contributed by atoms with E-state index in [-0.39, 0.29) is 42.5 Å². The highest BCUT2D eigenvalue weighted by Gasteiger charge is 2.23. The number of nitrogens with two attached hydrogens (primary N) is 1. The quantitative estimate of drug-likeness (QED) is 0.627. The second-order valence-electron chi connectivity index (χ2n) is 6.29. The Balaban J connectivity index is 0.00000338. The van der Waals surface area contributed by atoms with Crippen molar-refractivity contribution in [3.8, 4) is 5.75 Å². The number of hydrogen-bond acceptors (Lipinski definition) is 6. The molecule has 1 saturated heterocycles. The Hall–Kier alpha value is -0.930. The average Bonchev–Trinajstić information content (AvgIpc) is 2.55. The lowest BCUT2D eigenvalue weighted by atomic mass is 10.0. The molecule has 1 aromatic rings. The van der Waals surface area contributed by atoms with Crippen LogP contribution in [0.25, 0.3) is 0 Å². The highest BCUT2D eigenvalue weighted by molar-refractivity contribution is 7.90. The molecule has 1 aliphatic heterocycles. The van der Waals surface area contributed by atoms with Crippen LogP contribution in [0.2, 0.25) is 5.02 Å². The zero-order chi connectivity index (χ0) is 18.6. The molecule has 0 aliphatic carbocycles. The minimum Gasteiger partial charge on any atom is -0.496 e. The van der Waals surface area contributed by atoms with Crippen molar-refractivity contribution in [2.45, 2.75) is 18.9 Å². The Kier molecular flexibility index (Phi) is 10.8. The molecule has 11 heteroatoms. The number of ether oxygens (including phenoxy) is 1. The number of piperidine rings is 1. The summed E-state index contributed by atoms with van der Waals surface area (Å²) in [5.74, 6) is 0.281. The van der Waals surface area contributed by atoms with E-state index in [0.717, 1.165) is 25.9 Å². The third-order valence-corrected chi connectivity index (χ3v) is 5.52. The number of amides is 1. The third-order valence-electron chi connectivity index (χ3n) is 4.26. The maximum absolute atomic E-state index is 12.5. The van der Waals surface area contributed by atoms with E-state index >= 15 is 0 Å². The fraction of sp³-hybridized carbons (Fsp3) is 0.562. The van der Waals surface area contributed by atoms with Crippen LogP contribution in [0.5, 0.6) is 5.75 Å². The van der Waals surface area contributed by atoms with Crippen LogP contribution in [-0.4, -0.2) is 64.0 Å². The van der Waals surface area contributed by atoms with Crippen LogP contribution in [0.1, 0.15) is 23.2 Å². The molecule has 1 heterocycles. The van der Waals surface area contributed by atoms with E-state index in [2.05, 4.69) is 10.2 Å². The topological polar surface area (TPSA) is 102 Å². The number of carbonyl (C=O) groups excluding carboxylic acids is 1. The zero-order valence-corrected chi connectivity index (χ0v) is 18.4. The summed E-state index contributed by atoms with van der Waals surface area (Å²) < 4.78 is 27.7. The number of methoxy groups -OCH3 is 1. The van der Waals surface area contributed by atoms with Gasteiger partial charge in [0.1, 0.15) is 15.6 Å². The van der Waals surface area contributed by atoms with Crippen LogP contribution in [0.15, 0.2) is 12.1 Å². The summed E-state index contributed by atoms with van der Waals surface area (Å²) >= 11 is 6.00. The normalized spacial score (nSPS) is 15.4. The molecule has 0 bridgehead atoms. The van der Waals surface area contributed by atoms with Gasteiger partial charge in [-0.05, 0) is 18.9 Å². The summed E-state index contributed by atoms with van der Waals surface area (Å²) in [7, 11) is -1.48. The van der Waals surface area contributed by atoms with Gasteiger partial charge in [0.15, 0.2) is 0 Å². The summed E-state index contributed by atoms with van der Waals surface area (Å²) in [6.45, 7) is 2.03. The number of rotatable bonds is 6. The second kappa shape index (κ2) is 11.2. The molecule has 0 aromatic heterocycles. The highest BCUT2D eigenvalue weighted by Crippen LogP contribution is 2.29. The van der Waals surface area contributed by atoms with Gasteiger partial charge in [-0.15, -0.1) is 24.8 Å². The molecule has 1 aliphatic rings. The van der Waals surface area contributed by atoms with E-state index in [4.69, 9.17) is 22.1 Å². The molecular formula is C16H26Cl3N3O4S. The van der Waals surface area contributed by atoms with Gasteiger partial charge >= 0.3 is 0 Å². The monoisotopic (exact) mass is 461 g/mol. The Morgan fingerprint density at radius 1 is 1.33 bits per heavy atom. The van der Waals surface area contributed by atoms with Gasteiger partial charge in [0.25, 0.3) is 5.91 Å². The lowest BCUT2D eigenvalue weighted by Crippen LogP contribution is -2.45. The maximum Gasteiger partial charge on any atom is 0.255 e. The van der Waals surface area contributed by atoms with Crippen molar-refractivity contribution in [3.63, 3.8) is 0 Å². The number of nitrogen functional groups attached to an aromatic ring is 1. The molecule has 0 spiro atoms.